The number of halogens is 1. The molecule has 0 bridgehead atoms. The van der Waals surface area contributed by atoms with Crippen LogP contribution in [0.1, 0.15) is 28.4 Å². The van der Waals surface area contributed by atoms with Crippen molar-refractivity contribution >= 4 is 17.5 Å². The summed E-state index contributed by atoms with van der Waals surface area (Å²) in [6, 6.07) is 2.18. The molecule has 0 radical (unpaired) electrons. The zero-order chi connectivity index (χ0) is 17.4. The van der Waals surface area contributed by atoms with Crippen molar-refractivity contribution < 1.29 is 18.7 Å². The molecule has 8 nitrogen and oxygen atoms in total. The number of amides is 2. The van der Waals surface area contributed by atoms with Gasteiger partial charge in [-0.15, -0.1) is 5.10 Å². The van der Waals surface area contributed by atoms with Gasteiger partial charge in [0.15, 0.2) is 0 Å². The molecule has 1 saturated heterocycles. The summed E-state index contributed by atoms with van der Waals surface area (Å²) in [5.74, 6) is -1.34. The first-order valence-corrected chi connectivity index (χ1v) is 7.98. The second-order valence-electron chi connectivity index (χ2n) is 6.11. The highest BCUT2D eigenvalue weighted by atomic mass is 19.1. The highest BCUT2D eigenvalue weighted by Crippen LogP contribution is 2.26. The van der Waals surface area contributed by atoms with Crippen LogP contribution in [0.5, 0.6) is 0 Å². The number of carbonyl (C=O) groups excluding carboxylic acids is 2. The summed E-state index contributed by atoms with van der Waals surface area (Å²) in [6.07, 6.45) is 4.05. The standard InChI is InChI=1S/C16H16FN5O3/c17-11-6-12-9(1-2-15(23)19-12)5-10(11)16(24)20-13-7-25-8-14(13)22-4-3-18-21-22/h3-6,13-14H,1-2,7-8H2,(H,19,23)(H,20,24)/t13-,14+/m0/s1. The number of hydrogen-bond acceptors (Lipinski definition) is 5. The van der Waals surface area contributed by atoms with E-state index in [-0.39, 0.29) is 23.6 Å². The van der Waals surface area contributed by atoms with Crippen LogP contribution in [-0.4, -0.2) is 46.1 Å². The molecular formula is C16H16FN5O3. The molecule has 1 aromatic carbocycles. The predicted molar refractivity (Wildman–Crippen MR) is 84.5 cm³/mol. The van der Waals surface area contributed by atoms with Crippen LogP contribution < -0.4 is 10.6 Å². The van der Waals surface area contributed by atoms with Crippen molar-refractivity contribution in [2.75, 3.05) is 18.5 Å². The normalized spacial score (nSPS) is 22.4. The van der Waals surface area contributed by atoms with Crippen molar-refractivity contribution in [3.63, 3.8) is 0 Å². The summed E-state index contributed by atoms with van der Waals surface area (Å²) >= 11 is 0. The first kappa shape index (κ1) is 15.7. The van der Waals surface area contributed by atoms with Crippen LogP contribution >= 0.6 is 0 Å². The van der Waals surface area contributed by atoms with E-state index in [1.54, 1.807) is 17.1 Å². The number of hydrogen-bond donors (Lipinski definition) is 2. The number of carbonyl (C=O) groups is 2. The van der Waals surface area contributed by atoms with E-state index in [1.165, 1.54) is 12.1 Å². The molecule has 2 N–H and O–H groups in total. The Labute approximate surface area is 142 Å². The molecule has 2 aliphatic heterocycles. The molecule has 0 aliphatic carbocycles. The average Bonchev–Trinajstić information content (AvgIpc) is 3.25. The van der Waals surface area contributed by atoms with Gasteiger partial charge in [-0.05, 0) is 24.1 Å². The first-order chi connectivity index (χ1) is 12.1. The Balaban J connectivity index is 1.54. The van der Waals surface area contributed by atoms with Crippen molar-refractivity contribution in [3.8, 4) is 0 Å². The quantitative estimate of drug-likeness (QED) is 0.852. The Morgan fingerprint density at radius 3 is 3.04 bits per heavy atom. The van der Waals surface area contributed by atoms with Crippen LogP contribution in [0.15, 0.2) is 24.5 Å². The Morgan fingerprint density at radius 1 is 1.36 bits per heavy atom. The predicted octanol–water partition coefficient (Wildman–Crippen LogP) is 0.672. The van der Waals surface area contributed by atoms with Crippen molar-refractivity contribution in [2.24, 2.45) is 0 Å². The Bertz CT molecular complexity index is 823. The smallest absolute Gasteiger partial charge is 0.254 e. The maximum atomic E-state index is 14.3. The largest absolute Gasteiger partial charge is 0.377 e. The first-order valence-electron chi connectivity index (χ1n) is 7.98. The van der Waals surface area contributed by atoms with E-state index in [0.717, 1.165) is 5.56 Å². The minimum atomic E-state index is -0.672. The molecule has 2 amide bonds. The number of anilines is 1. The highest BCUT2D eigenvalue weighted by Gasteiger charge is 2.32. The van der Waals surface area contributed by atoms with E-state index in [9.17, 15) is 14.0 Å². The molecule has 9 heteroatoms. The summed E-state index contributed by atoms with van der Waals surface area (Å²) in [6.45, 7) is 0.714. The van der Waals surface area contributed by atoms with Gasteiger partial charge in [-0.25, -0.2) is 9.07 Å². The lowest BCUT2D eigenvalue weighted by molar-refractivity contribution is -0.116. The number of benzene rings is 1. The Kier molecular flexibility index (Phi) is 3.92. The molecule has 0 unspecified atom stereocenters. The lowest BCUT2D eigenvalue weighted by atomic mass is 9.99. The number of nitrogens with one attached hydrogen (secondary N) is 2. The maximum absolute atomic E-state index is 14.3. The minimum absolute atomic E-state index is 0.0425. The molecule has 0 saturated carbocycles. The van der Waals surface area contributed by atoms with Crippen LogP contribution in [0.4, 0.5) is 10.1 Å². The van der Waals surface area contributed by atoms with E-state index in [2.05, 4.69) is 20.9 Å². The Morgan fingerprint density at radius 2 is 2.24 bits per heavy atom. The fourth-order valence-corrected chi connectivity index (χ4v) is 3.16. The molecule has 2 atom stereocenters. The third-order valence-corrected chi connectivity index (χ3v) is 4.48. The molecule has 2 aromatic rings. The SMILES string of the molecule is O=C1CCc2cc(C(=O)N[C@H]3COC[C@H]3n3ccnn3)c(F)cc2N1. The topological polar surface area (TPSA) is 98.1 Å². The lowest BCUT2D eigenvalue weighted by Gasteiger charge is -2.21. The van der Waals surface area contributed by atoms with Crippen LogP contribution in [0, 0.1) is 5.82 Å². The number of rotatable bonds is 3. The number of ether oxygens (including phenoxy) is 1. The van der Waals surface area contributed by atoms with E-state index >= 15 is 0 Å². The fraction of sp³-hybridized carbons (Fsp3) is 0.375. The third kappa shape index (κ3) is 2.98. The summed E-state index contributed by atoms with van der Waals surface area (Å²) in [4.78, 5) is 23.9. The average molecular weight is 345 g/mol. The van der Waals surface area contributed by atoms with Crippen molar-refractivity contribution in [2.45, 2.75) is 24.9 Å². The van der Waals surface area contributed by atoms with Gasteiger partial charge in [0.25, 0.3) is 5.91 Å². The van der Waals surface area contributed by atoms with E-state index < -0.39 is 11.7 Å². The zero-order valence-corrected chi connectivity index (χ0v) is 13.2. The van der Waals surface area contributed by atoms with Gasteiger partial charge in [0, 0.05) is 18.3 Å². The van der Waals surface area contributed by atoms with Gasteiger partial charge in [0.2, 0.25) is 5.91 Å². The van der Waals surface area contributed by atoms with E-state index in [0.29, 0.717) is 31.7 Å². The molecule has 3 heterocycles. The van der Waals surface area contributed by atoms with Crippen LogP contribution in [-0.2, 0) is 16.0 Å². The van der Waals surface area contributed by atoms with Crippen molar-refractivity contribution in [3.05, 3.63) is 41.5 Å². The fourth-order valence-electron chi connectivity index (χ4n) is 3.16. The lowest BCUT2D eigenvalue weighted by Crippen LogP contribution is -2.41. The number of aromatic nitrogens is 3. The van der Waals surface area contributed by atoms with E-state index in [4.69, 9.17) is 4.74 Å². The van der Waals surface area contributed by atoms with Crippen LogP contribution in [0.25, 0.3) is 0 Å². The van der Waals surface area contributed by atoms with Crippen molar-refractivity contribution in [1.29, 1.82) is 0 Å². The monoisotopic (exact) mass is 345 g/mol. The van der Waals surface area contributed by atoms with Crippen molar-refractivity contribution in [1.82, 2.24) is 20.3 Å². The summed E-state index contributed by atoms with van der Waals surface area (Å²) in [5.41, 5.74) is 1.13. The summed E-state index contributed by atoms with van der Waals surface area (Å²) in [5, 5.41) is 13.1. The van der Waals surface area contributed by atoms with Gasteiger partial charge in [-0.3, -0.25) is 9.59 Å². The number of fused-ring (bicyclic) bond motifs is 1. The van der Waals surface area contributed by atoms with E-state index in [1.807, 2.05) is 0 Å². The molecule has 1 fully saturated rings. The second-order valence-corrected chi connectivity index (χ2v) is 6.11. The molecule has 25 heavy (non-hydrogen) atoms. The highest BCUT2D eigenvalue weighted by molar-refractivity contribution is 5.98. The summed E-state index contributed by atoms with van der Waals surface area (Å²) in [7, 11) is 0. The maximum Gasteiger partial charge on any atom is 0.254 e. The third-order valence-electron chi connectivity index (χ3n) is 4.48. The Hall–Kier alpha value is -2.81. The van der Waals surface area contributed by atoms with Gasteiger partial charge in [-0.1, -0.05) is 5.21 Å². The number of nitrogens with zero attached hydrogens (tertiary/aromatic N) is 3. The van der Waals surface area contributed by atoms with Gasteiger partial charge in [0.05, 0.1) is 37.1 Å². The van der Waals surface area contributed by atoms with Gasteiger partial charge < -0.3 is 15.4 Å². The molecule has 1 aromatic heterocycles. The molecule has 130 valence electrons. The summed E-state index contributed by atoms with van der Waals surface area (Å²) < 4.78 is 21.4. The van der Waals surface area contributed by atoms with Gasteiger partial charge >= 0.3 is 0 Å². The van der Waals surface area contributed by atoms with Gasteiger partial charge in [0.1, 0.15) is 5.82 Å². The minimum Gasteiger partial charge on any atom is -0.377 e. The number of aryl methyl sites for hydroxylation is 1. The second kappa shape index (κ2) is 6.25. The zero-order valence-electron chi connectivity index (χ0n) is 13.2. The molecular weight excluding hydrogens is 329 g/mol. The molecule has 4 rings (SSSR count). The van der Waals surface area contributed by atoms with Crippen LogP contribution in [0.2, 0.25) is 0 Å². The molecule has 2 aliphatic rings. The van der Waals surface area contributed by atoms with Gasteiger partial charge in [-0.2, -0.15) is 0 Å². The van der Waals surface area contributed by atoms with Crippen LogP contribution in [0.3, 0.4) is 0 Å². The molecule has 0 spiro atoms.